The number of amides is 1. The van der Waals surface area contributed by atoms with Crippen LogP contribution in [-0.2, 0) is 14.3 Å². The van der Waals surface area contributed by atoms with Gasteiger partial charge in [0.15, 0.2) is 0 Å². The molecule has 0 radical (unpaired) electrons. The number of aliphatic hydroxyl groups is 2. The van der Waals surface area contributed by atoms with Gasteiger partial charge in [-0.25, -0.2) is 0 Å². The molecule has 3 atom stereocenters. The average molecular weight is 898 g/mol. The molecule has 0 bridgehead atoms. The summed E-state index contributed by atoms with van der Waals surface area (Å²) in [6.45, 7) is 6.38. The van der Waals surface area contributed by atoms with Crippen LogP contribution in [0.25, 0.3) is 0 Å². The number of allylic oxidation sites excluding steroid dienone is 8. The van der Waals surface area contributed by atoms with Crippen LogP contribution >= 0.6 is 0 Å². The van der Waals surface area contributed by atoms with Gasteiger partial charge in [-0.2, -0.15) is 0 Å². The van der Waals surface area contributed by atoms with Crippen LogP contribution in [0.15, 0.2) is 48.6 Å². The highest BCUT2D eigenvalue weighted by Crippen LogP contribution is 2.18. The molecular weight excluding hydrogens is 791 g/mol. The first-order valence-electron chi connectivity index (χ1n) is 27.9. The number of ether oxygens (including phenoxy) is 1. The van der Waals surface area contributed by atoms with Crippen molar-refractivity contribution in [3.05, 3.63) is 48.6 Å². The molecule has 0 aromatic heterocycles. The molecule has 0 spiro atoms. The zero-order chi connectivity index (χ0) is 46.7. The van der Waals surface area contributed by atoms with E-state index in [4.69, 9.17) is 4.74 Å². The molecular formula is C58H107NO5. The van der Waals surface area contributed by atoms with Gasteiger partial charge in [-0.1, -0.05) is 236 Å². The van der Waals surface area contributed by atoms with E-state index in [1.807, 2.05) is 0 Å². The lowest BCUT2D eigenvalue weighted by atomic mass is 10.0. The van der Waals surface area contributed by atoms with Gasteiger partial charge in [0, 0.05) is 6.42 Å². The molecule has 6 nitrogen and oxygen atoms in total. The van der Waals surface area contributed by atoms with Crippen molar-refractivity contribution >= 4 is 11.9 Å². The Labute approximate surface area is 397 Å². The summed E-state index contributed by atoms with van der Waals surface area (Å²) in [5, 5.41) is 23.8. The molecule has 0 heterocycles. The standard InChI is InChI=1S/C58H107NO5/c1-4-7-10-13-16-19-22-25-28-29-30-33-36-39-42-45-48-51-58(63)64-54(49-46-43-40-37-34-31-26-23-20-17-14-11-8-5-2)52-57(62)59-55(53-60)56(61)50-47-44-41-38-35-32-27-24-21-18-15-12-9-6-3/h8,11,17,20,25-26,28,31,54-56,60-61H,4-7,9-10,12-16,18-19,21-24,27,29-30,32-53H2,1-3H3,(H,59,62)/b11-8+,20-17+,28-25+,31-26+. The van der Waals surface area contributed by atoms with Crippen LogP contribution in [0.4, 0.5) is 0 Å². The molecule has 0 aliphatic heterocycles. The first-order chi connectivity index (χ1) is 31.5. The second-order valence-corrected chi connectivity index (χ2v) is 19.0. The third kappa shape index (κ3) is 46.4. The molecule has 3 unspecified atom stereocenters. The van der Waals surface area contributed by atoms with Crippen molar-refractivity contribution in [2.45, 2.75) is 302 Å². The summed E-state index contributed by atoms with van der Waals surface area (Å²) in [5.74, 6) is -0.492. The summed E-state index contributed by atoms with van der Waals surface area (Å²) in [4.78, 5) is 26.2. The topological polar surface area (TPSA) is 95.9 Å². The first kappa shape index (κ1) is 61.8. The zero-order valence-electron chi connectivity index (χ0n) is 42.7. The fourth-order valence-electron chi connectivity index (χ4n) is 8.44. The number of carbonyl (C=O) groups is 2. The fraction of sp³-hybridized carbons (Fsp3) is 0.828. The van der Waals surface area contributed by atoms with Crippen LogP contribution in [0, 0.1) is 0 Å². The van der Waals surface area contributed by atoms with Crippen LogP contribution < -0.4 is 5.32 Å². The Hall–Kier alpha value is -2.18. The Bertz CT molecular complexity index is 1100. The van der Waals surface area contributed by atoms with Gasteiger partial charge in [0.25, 0.3) is 0 Å². The van der Waals surface area contributed by atoms with Gasteiger partial charge >= 0.3 is 5.97 Å². The molecule has 64 heavy (non-hydrogen) atoms. The number of aliphatic hydroxyl groups excluding tert-OH is 2. The van der Waals surface area contributed by atoms with Gasteiger partial charge in [0.2, 0.25) is 5.91 Å². The minimum absolute atomic E-state index is 0.0620. The molecule has 0 saturated heterocycles. The number of nitrogens with one attached hydrogen (secondary N) is 1. The molecule has 0 aromatic carbocycles. The lowest BCUT2D eigenvalue weighted by Gasteiger charge is -2.24. The molecule has 0 aliphatic rings. The largest absolute Gasteiger partial charge is 0.462 e. The van der Waals surface area contributed by atoms with E-state index in [0.29, 0.717) is 19.3 Å². The summed E-state index contributed by atoms with van der Waals surface area (Å²) >= 11 is 0. The first-order valence-corrected chi connectivity index (χ1v) is 27.9. The van der Waals surface area contributed by atoms with Gasteiger partial charge in [0.05, 0.1) is 25.2 Å². The number of rotatable bonds is 50. The summed E-state index contributed by atoms with van der Waals surface area (Å²) in [5.41, 5.74) is 0. The van der Waals surface area contributed by atoms with Crippen LogP contribution in [0.3, 0.4) is 0 Å². The average Bonchev–Trinajstić information content (AvgIpc) is 3.29. The number of hydrogen-bond donors (Lipinski definition) is 3. The van der Waals surface area contributed by atoms with E-state index in [-0.39, 0.29) is 24.9 Å². The van der Waals surface area contributed by atoms with E-state index < -0.39 is 18.2 Å². The minimum atomic E-state index is -0.795. The summed E-state index contributed by atoms with van der Waals surface area (Å²) in [6, 6.07) is -0.710. The number of unbranched alkanes of at least 4 members (excludes halogenated alkanes) is 30. The maximum Gasteiger partial charge on any atom is 0.306 e. The fourth-order valence-corrected chi connectivity index (χ4v) is 8.44. The second-order valence-electron chi connectivity index (χ2n) is 19.0. The van der Waals surface area contributed by atoms with E-state index >= 15 is 0 Å². The minimum Gasteiger partial charge on any atom is -0.462 e. The predicted octanol–water partition coefficient (Wildman–Crippen LogP) is 17.0. The predicted molar refractivity (Wildman–Crippen MR) is 278 cm³/mol. The highest BCUT2D eigenvalue weighted by Gasteiger charge is 2.24. The van der Waals surface area contributed by atoms with Crippen molar-refractivity contribution in [3.8, 4) is 0 Å². The molecule has 0 aromatic rings. The van der Waals surface area contributed by atoms with Crippen molar-refractivity contribution < 1.29 is 24.5 Å². The van der Waals surface area contributed by atoms with Crippen LogP contribution in [0.1, 0.15) is 284 Å². The van der Waals surface area contributed by atoms with E-state index in [9.17, 15) is 19.8 Å². The second kappa shape index (κ2) is 51.8. The SMILES string of the molecule is CC/C=C/C/C=C/C/C=C/CCCCCCC(CC(=O)NC(CO)C(O)CCCCCCCCCCCCCCCC)OC(=O)CCCCCCCCC/C=C/CCCCCCCC. The summed E-state index contributed by atoms with van der Waals surface area (Å²) in [7, 11) is 0. The normalized spacial score (nSPS) is 13.5. The molecule has 374 valence electrons. The Balaban J connectivity index is 4.57. The highest BCUT2D eigenvalue weighted by atomic mass is 16.5. The van der Waals surface area contributed by atoms with Crippen molar-refractivity contribution in [3.63, 3.8) is 0 Å². The number of carbonyl (C=O) groups excluding carboxylic acids is 2. The zero-order valence-corrected chi connectivity index (χ0v) is 42.7. The van der Waals surface area contributed by atoms with Crippen molar-refractivity contribution in [1.29, 1.82) is 0 Å². The molecule has 0 rings (SSSR count). The smallest absolute Gasteiger partial charge is 0.306 e. The van der Waals surface area contributed by atoms with E-state index in [1.54, 1.807) is 0 Å². The molecule has 1 amide bonds. The molecule has 6 heteroatoms. The van der Waals surface area contributed by atoms with Crippen molar-refractivity contribution in [2.75, 3.05) is 6.61 Å². The maximum atomic E-state index is 13.2. The summed E-state index contributed by atoms with van der Waals surface area (Å²) in [6.07, 6.45) is 63.1. The van der Waals surface area contributed by atoms with Gasteiger partial charge in [-0.05, 0) is 83.5 Å². The Kier molecular flexibility index (Phi) is 50.0. The lowest BCUT2D eigenvalue weighted by Crippen LogP contribution is -2.46. The molecule has 0 aliphatic carbocycles. The lowest BCUT2D eigenvalue weighted by molar-refractivity contribution is -0.151. The van der Waals surface area contributed by atoms with Crippen LogP contribution in [-0.4, -0.2) is 46.9 Å². The molecule has 3 N–H and O–H groups in total. The molecule has 0 fully saturated rings. The van der Waals surface area contributed by atoms with E-state index in [0.717, 1.165) is 89.9 Å². The van der Waals surface area contributed by atoms with Gasteiger partial charge < -0.3 is 20.3 Å². The molecule has 0 saturated carbocycles. The van der Waals surface area contributed by atoms with E-state index in [1.165, 1.54) is 148 Å². The highest BCUT2D eigenvalue weighted by molar-refractivity contribution is 5.77. The van der Waals surface area contributed by atoms with Gasteiger partial charge in [-0.15, -0.1) is 0 Å². The van der Waals surface area contributed by atoms with Crippen molar-refractivity contribution in [1.82, 2.24) is 5.32 Å². The van der Waals surface area contributed by atoms with Gasteiger partial charge in [-0.3, -0.25) is 9.59 Å². The maximum absolute atomic E-state index is 13.2. The Morgan fingerprint density at radius 2 is 0.844 bits per heavy atom. The monoisotopic (exact) mass is 898 g/mol. The third-order valence-corrected chi connectivity index (χ3v) is 12.6. The van der Waals surface area contributed by atoms with Crippen molar-refractivity contribution in [2.24, 2.45) is 0 Å². The van der Waals surface area contributed by atoms with Crippen LogP contribution in [0.5, 0.6) is 0 Å². The number of esters is 1. The van der Waals surface area contributed by atoms with Crippen LogP contribution in [0.2, 0.25) is 0 Å². The summed E-state index contributed by atoms with van der Waals surface area (Å²) < 4.78 is 5.94. The Morgan fingerprint density at radius 3 is 1.30 bits per heavy atom. The third-order valence-electron chi connectivity index (χ3n) is 12.6. The Morgan fingerprint density at radius 1 is 0.469 bits per heavy atom. The number of hydrogen-bond acceptors (Lipinski definition) is 5. The van der Waals surface area contributed by atoms with Gasteiger partial charge in [0.1, 0.15) is 6.10 Å². The quantitative estimate of drug-likeness (QED) is 0.0321. The van der Waals surface area contributed by atoms with E-state index in [2.05, 4.69) is 74.7 Å².